The fourth-order valence-corrected chi connectivity index (χ4v) is 4.85. The molecule has 8 nitrogen and oxygen atoms in total. The molecule has 2 atom stereocenters. The van der Waals surface area contributed by atoms with Crippen molar-refractivity contribution < 1.29 is 14.7 Å². The summed E-state index contributed by atoms with van der Waals surface area (Å²) >= 11 is 2.98. The smallest absolute Gasteiger partial charge is 0.352 e. The quantitative estimate of drug-likeness (QED) is 0.567. The number of β-lactam (4-membered cyclic amide) rings is 1. The molecule has 2 aliphatic rings. The second-order valence-electron chi connectivity index (χ2n) is 4.87. The van der Waals surface area contributed by atoms with Gasteiger partial charge in [0.25, 0.3) is 0 Å². The molecule has 1 aromatic heterocycles. The van der Waals surface area contributed by atoms with Crippen LogP contribution in [0.5, 0.6) is 0 Å². The molecule has 0 spiro atoms. The Labute approximate surface area is 135 Å². The van der Waals surface area contributed by atoms with Gasteiger partial charge in [0.1, 0.15) is 22.1 Å². The topological polar surface area (TPSA) is 114 Å². The van der Waals surface area contributed by atoms with Crippen LogP contribution in [-0.4, -0.2) is 59.8 Å². The molecule has 3 heterocycles. The number of carbonyl (C=O) groups is 2. The normalized spacial score (nSPS) is 24.3. The van der Waals surface area contributed by atoms with Gasteiger partial charge in [-0.3, -0.25) is 9.69 Å². The van der Waals surface area contributed by atoms with Crippen LogP contribution in [0.25, 0.3) is 0 Å². The van der Waals surface area contributed by atoms with Gasteiger partial charge in [-0.25, -0.2) is 9.48 Å². The Morgan fingerprint density at radius 1 is 1.64 bits per heavy atom. The van der Waals surface area contributed by atoms with Crippen molar-refractivity contribution >= 4 is 35.4 Å². The highest BCUT2D eigenvalue weighted by molar-refractivity contribution is 8.01. The first-order valence-electron chi connectivity index (χ1n) is 6.71. The van der Waals surface area contributed by atoms with Gasteiger partial charge in [0.15, 0.2) is 0 Å². The number of carboxylic acid groups (broad SMARTS) is 1. The molecular weight excluding hydrogens is 326 g/mol. The molecule has 0 saturated carbocycles. The van der Waals surface area contributed by atoms with Crippen LogP contribution in [0.2, 0.25) is 0 Å². The Hall–Kier alpha value is -1.52. The summed E-state index contributed by atoms with van der Waals surface area (Å²) in [6, 6.07) is -0.598. The summed E-state index contributed by atoms with van der Waals surface area (Å²) < 4.78 is 1.75. The summed E-state index contributed by atoms with van der Waals surface area (Å²) in [6.07, 6.45) is 1.65. The van der Waals surface area contributed by atoms with Crippen LogP contribution in [-0.2, 0) is 16.1 Å². The van der Waals surface area contributed by atoms with Crippen molar-refractivity contribution in [2.45, 2.75) is 29.9 Å². The number of carbonyl (C=O) groups excluding carboxylic acids is 1. The molecule has 118 valence electrons. The fraction of sp³-hybridized carbons (Fsp3) is 0.500. The standard InChI is InChI=1S/C12H15N5O3S2/c1-2-16-7(3-14-15-16)21-4-6-5-22-11-8(13)10(18)17(11)9(6)12(19)20/h3,8,11H,2,4-5,13H2,1H3,(H,19,20)/t8?,11-/m0/s1. The van der Waals surface area contributed by atoms with Crippen LogP contribution in [0.4, 0.5) is 0 Å². The van der Waals surface area contributed by atoms with Crippen molar-refractivity contribution in [2.75, 3.05) is 11.5 Å². The molecule has 1 aromatic rings. The maximum atomic E-state index is 11.8. The lowest BCUT2D eigenvalue weighted by Crippen LogP contribution is -2.68. The minimum atomic E-state index is -1.08. The van der Waals surface area contributed by atoms with Gasteiger partial charge < -0.3 is 10.8 Å². The number of amides is 1. The van der Waals surface area contributed by atoms with Gasteiger partial charge >= 0.3 is 5.97 Å². The summed E-state index contributed by atoms with van der Waals surface area (Å²) in [7, 11) is 0. The van der Waals surface area contributed by atoms with Crippen LogP contribution in [0.15, 0.2) is 22.5 Å². The minimum Gasteiger partial charge on any atom is -0.477 e. The maximum Gasteiger partial charge on any atom is 0.352 e. The highest BCUT2D eigenvalue weighted by atomic mass is 32.2. The van der Waals surface area contributed by atoms with E-state index in [1.807, 2.05) is 6.92 Å². The van der Waals surface area contributed by atoms with Crippen molar-refractivity contribution in [1.82, 2.24) is 19.9 Å². The Morgan fingerprint density at radius 3 is 3.09 bits per heavy atom. The van der Waals surface area contributed by atoms with Crippen LogP contribution in [0.3, 0.4) is 0 Å². The lowest BCUT2D eigenvalue weighted by atomic mass is 10.0. The summed E-state index contributed by atoms with van der Waals surface area (Å²) in [4.78, 5) is 24.7. The molecule has 22 heavy (non-hydrogen) atoms. The Balaban J connectivity index is 1.81. The van der Waals surface area contributed by atoms with E-state index in [-0.39, 0.29) is 17.0 Å². The van der Waals surface area contributed by atoms with Crippen LogP contribution in [0, 0.1) is 0 Å². The summed E-state index contributed by atoms with van der Waals surface area (Å²) in [5.41, 5.74) is 6.53. The van der Waals surface area contributed by atoms with Gasteiger partial charge in [0, 0.05) is 18.1 Å². The van der Waals surface area contributed by atoms with E-state index in [4.69, 9.17) is 5.73 Å². The van der Waals surface area contributed by atoms with Crippen LogP contribution in [0.1, 0.15) is 6.92 Å². The minimum absolute atomic E-state index is 0.0819. The van der Waals surface area contributed by atoms with Crippen molar-refractivity contribution in [3.05, 3.63) is 17.5 Å². The second-order valence-corrected chi connectivity index (χ2v) is 6.97. The molecule has 0 aromatic carbocycles. The Bertz CT molecular complexity index is 659. The number of aromatic nitrogens is 3. The van der Waals surface area contributed by atoms with E-state index in [9.17, 15) is 14.7 Å². The van der Waals surface area contributed by atoms with Gasteiger partial charge in [0.05, 0.1) is 6.20 Å². The molecule has 3 rings (SSSR count). The first kappa shape index (κ1) is 15.4. The van der Waals surface area contributed by atoms with Gasteiger partial charge in [-0.1, -0.05) is 5.21 Å². The molecule has 1 unspecified atom stereocenters. The third-order valence-electron chi connectivity index (χ3n) is 3.57. The average Bonchev–Trinajstić information content (AvgIpc) is 2.98. The maximum absolute atomic E-state index is 11.8. The number of hydrogen-bond donors (Lipinski definition) is 2. The van der Waals surface area contributed by atoms with E-state index in [0.717, 1.165) is 10.6 Å². The second kappa shape index (κ2) is 5.94. The zero-order chi connectivity index (χ0) is 15.9. The summed E-state index contributed by atoms with van der Waals surface area (Å²) in [5.74, 6) is -0.362. The molecule has 1 fully saturated rings. The Morgan fingerprint density at radius 2 is 2.41 bits per heavy atom. The fourth-order valence-electron chi connectivity index (χ4n) is 2.43. The number of aryl methyl sites for hydroxylation is 1. The van der Waals surface area contributed by atoms with Crippen molar-refractivity contribution in [3.8, 4) is 0 Å². The van der Waals surface area contributed by atoms with E-state index in [1.165, 1.54) is 28.4 Å². The lowest BCUT2D eigenvalue weighted by Gasteiger charge is -2.48. The molecular formula is C12H15N5O3S2. The number of nitrogens with zero attached hydrogens (tertiary/aromatic N) is 4. The number of nitrogens with two attached hydrogens (primary N) is 1. The molecule has 0 bridgehead atoms. The van der Waals surface area contributed by atoms with Crippen molar-refractivity contribution in [3.63, 3.8) is 0 Å². The van der Waals surface area contributed by atoms with E-state index in [0.29, 0.717) is 18.1 Å². The van der Waals surface area contributed by atoms with Gasteiger partial charge in [-0.05, 0) is 12.5 Å². The molecule has 0 aliphatic carbocycles. The number of thioether (sulfide) groups is 2. The summed E-state index contributed by atoms with van der Waals surface area (Å²) in [6.45, 7) is 2.66. The largest absolute Gasteiger partial charge is 0.477 e. The predicted molar refractivity (Wildman–Crippen MR) is 82.1 cm³/mol. The third-order valence-corrected chi connectivity index (χ3v) is 6.03. The third kappa shape index (κ3) is 2.40. The molecule has 3 N–H and O–H groups in total. The van der Waals surface area contributed by atoms with Crippen molar-refractivity contribution in [2.24, 2.45) is 5.73 Å². The highest BCUT2D eigenvalue weighted by Gasteiger charge is 2.51. The average molecular weight is 341 g/mol. The van der Waals surface area contributed by atoms with E-state index >= 15 is 0 Å². The Kier molecular flexibility index (Phi) is 4.15. The van der Waals surface area contributed by atoms with Gasteiger partial charge in [0.2, 0.25) is 5.91 Å². The van der Waals surface area contributed by atoms with Crippen LogP contribution >= 0.6 is 23.5 Å². The van der Waals surface area contributed by atoms with Gasteiger partial charge in [-0.2, -0.15) is 0 Å². The van der Waals surface area contributed by atoms with Crippen molar-refractivity contribution in [1.29, 1.82) is 0 Å². The molecule has 1 saturated heterocycles. The van der Waals surface area contributed by atoms with E-state index in [2.05, 4.69) is 10.3 Å². The molecule has 1 amide bonds. The van der Waals surface area contributed by atoms with Crippen LogP contribution < -0.4 is 5.73 Å². The van der Waals surface area contributed by atoms with Gasteiger partial charge in [-0.15, -0.1) is 28.6 Å². The molecule has 10 heteroatoms. The van der Waals surface area contributed by atoms with E-state index in [1.54, 1.807) is 10.9 Å². The zero-order valence-corrected chi connectivity index (χ0v) is 13.4. The first-order chi connectivity index (χ1) is 10.5. The highest BCUT2D eigenvalue weighted by Crippen LogP contribution is 2.40. The van der Waals surface area contributed by atoms with E-state index < -0.39 is 12.0 Å². The molecule has 0 radical (unpaired) electrons. The number of fused-ring (bicyclic) bond motifs is 1. The summed E-state index contributed by atoms with van der Waals surface area (Å²) in [5, 5.41) is 17.9. The SMILES string of the molecule is CCn1nncc1SCC1=C(C(=O)O)N2C(=O)C(N)[C@@H]2SC1. The predicted octanol–water partition coefficient (Wildman–Crippen LogP) is -0.0288. The lowest BCUT2D eigenvalue weighted by molar-refractivity contribution is -0.147. The molecule has 2 aliphatic heterocycles. The first-order valence-corrected chi connectivity index (χ1v) is 8.75. The monoisotopic (exact) mass is 341 g/mol. The number of carboxylic acids is 1. The number of rotatable bonds is 5. The zero-order valence-electron chi connectivity index (χ0n) is 11.8. The number of hydrogen-bond acceptors (Lipinski definition) is 7. The number of aliphatic carboxylic acids is 1.